The van der Waals surface area contributed by atoms with Crippen molar-refractivity contribution in [1.82, 2.24) is 5.32 Å². The highest BCUT2D eigenvalue weighted by Crippen LogP contribution is 2.42. The van der Waals surface area contributed by atoms with Crippen molar-refractivity contribution in [3.63, 3.8) is 0 Å². The Hall–Kier alpha value is -1.92. The van der Waals surface area contributed by atoms with E-state index in [9.17, 15) is 14.3 Å². The van der Waals surface area contributed by atoms with Crippen molar-refractivity contribution in [1.29, 1.82) is 0 Å². The number of carboxylic acid groups (broad SMARTS) is 1. The molecule has 1 fully saturated rings. The van der Waals surface area contributed by atoms with Crippen LogP contribution in [0.1, 0.15) is 24.1 Å². The number of halogens is 1. The van der Waals surface area contributed by atoms with E-state index in [-0.39, 0.29) is 17.7 Å². The Morgan fingerprint density at radius 1 is 1.26 bits per heavy atom. The molecule has 1 saturated heterocycles. The Balaban J connectivity index is 1.80. The zero-order valence-corrected chi connectivity index (χ0v) is 13.4. The number of ether oxygens (including phenoxy) is 1. The summed E-state index contributed by atoms with van der Waals surface area (Å²) in [5.41, 5.74) is -0.327. The largest absolute Gasteiger partial charge is 0.481 e. The molecule has 0 saturated carbocycles. The van der Waals surface area contributed by atoms with Gasteiger partial charge in [-0.3, -0.25) is 4.79 Å². The predicted molar refractivity (Wildman–Crippen MR) is 86.8 cm³/mol. The van der Waals surface area contributed by atoms with Crippen LogP contribution in [0.5, 0.6) is 11.5 Å². The summed E-state index contributed by atoms with van der Waals surface area (Å²) in [6.45, 7) is 1.64. The molecular weight excluding hydrogens is 317 g/mol. The predicted octanol–water partition coefficient (Wildman–Crippen LogP) is 3.78. The maximum atomic E-state index is 12.9. The van der Waals surface area contributed by atoms with Gasteiger partial charge in [0, 0.05) is 15.7 Å². The van der Waals surface area contributed by atoms with E-state index < -0.39 is 5.97 Å². The van der Waals surface area contributed by atoms with Crippen LogP contribution in [-0.2, 0) is 10.2 Å². The summed E-state index contributed by atoms with van der Waals surface area (Å²) < 4.78 is 18.7. The molecular formula is C17H18FNO3S. The van der Waals surface area contributed by atoms with Crippen molar-refractivity contribution >= 4 is 17.3 Å². The second-order valence-electron chi connectivity index (χ2n) is 5.80. The number of piperidine rings is 1. The first-order valence-electron chi connectivity index (χ1n) is 7.52. The molecule has 0 bridgehead atoms. The molecule has 2 aromatic rings. The van der Waals surface area contributed by atoms with Gasteiger partial charge >= 0.3 is 5.97 Å². The van der Waals surface area contributed by atoms with E-state index in [1.54, 1.807) is 12.1 Å². The van der Waals surface area contributed by atoms with Crippen LogP contribution in [0.2, 0.25) is 0 Å². The minimum atomic E-state index is -0.777. The average Bonchev–Trinajstić information content (AvgIpc) is 2.99. The number of hydrogen-bond acceptors (Lipinski definition) is 4. The van der Waals surface area contributed by atoms with Crippen LogP contribution in [0.3, 0.4) is 0 Å². The molecule has 1 aliphatic rings. The lowest BCUT2D eigenvalue weighted by Crippen LogP contribution is -2.40. The second-order valence-corrected chi connectivity index (χ2v) is 6.71. The SMILES string of the molecule is O=C(O)CC1(c2cc(Oc3ccc(F)cc3)cs2)CCNCC1. The van der Waals surface area contributed by atoms with Gasteiger partial charge in [-0.1, -0.05) is 0 Å². The van der Waals surface area contributed by atoms with Crippen molar-refractivity contribution in [2.75, 3.05) is 13.1 Å². The van der Waals surface area contributed by atoms with Crippen LogP contribution >= 0.6 is 11.3 Å². The number of carboxylic acids is 1. The highest BCUT2D eigenvalue weighted by Gasteiger charge is 2.37. The zero-order valence-electron chi connectivity index (χ0n) is 12.5. The molecule has 1 aromatic carbocycles. The molecule has 23 heavy (non-hydrogen) atoms. The monoisotopic (exact) mass is 335 g/mol. The fourth-order valence-corrected chi connectivity index (χ4v) is 4.06. The van der Waals surface area contributed by atoms with Gasteiger partial charge in [0.25, 0.3) is 0 Å². The fourth-order valence-electron chi connectivity index (χ4n) is 2.99. The topological polar surface area (TPSA) is 58.6 Å². The third-order valence-electron chi connectivity index (χ3n) is 4.20. The highest BCUT2D eigenvalue weighted by atomic mass is 32.1. The number of benzene rings is 1. The van der Waals surface area contributed by atoms with E-state index in [0.717, 1.165) is 30.8 Å². The van der Waals surface area contributed by atoms with Crippen molar-refractivity contribution in [3.05, 3.63) is 46.4 Å². The van der Waals surface area contributed by atoms with Gasteiger partial charge in [-0.2, -0.15) is 0 Å². The molecule has 1 aliphatic heterocycles. The lowest BCUT2D eigenvalue weighted by atomic mass is 9.75. The molecule has 2 N–H and O–H groups in total. The smallest absolute Gasteiger partial charge is 0.304 e. The van der Waals surface area contributed by atoms with Crippen LogP contribution in [-0.4, -0.2) is 24.2 Å². The van der Waals surface area contributed by atoms with Crippen molar-refractivity contribution in [2.24, 2.45) is 0 Å². The number of aliphatic carboxylic acids is 1. The summed E-state index contributed by atoms with van der Waals surface area (Å²) in [6.07, 6.45) is 1.73. The van der Waals surface area contributed by atoms with Crippen molar-refractivity contribution < 1.29 is 19.0 Å². The van der Waals surface area contributed by atoms with Gasteiger partial charge in [-0.25, -0.2) is 4.39 Å². The summed E-state index contributed by atoms with van der Waals surface area (Å²) in [5.74, 6) is 0.146. The molecule has 3 rings (SSSR count). The molecule has 0 amide bonds. The number of carbonyl (C=O) groups is 1. The van der Waals surface area contributed by atoms with Crippen LogP contribution in [0.4, 0.5) is 4.39 Å². The van der Waals surface area contributed by atoms with E-state index in [4.69, 9.17) is 4.74 Å². The fraction of sp³-hybridized carbons (Fsp3) is 0.353. The lowest BCUT2D eigenvalue weighted by Gasteiger charge is -2.35. The van der Waals surface area contributed by atoms with Gasteiger partial charge in [-0.05, 0) is 56.3 Å². The Labute approximate surface area is 137 Å². The normalized spacial score (nSPS) is 16.9. The molecule has 1 aromatic heterocycles. The Morgan fingerprint density at radius 2 is 1.96 bits per heavy atom. The van der Waals surface area contributed by atoms with E-state index in [1.165, 1.54) is 23.5 Å². The lowest BCUT2D eigenvalue weighted by molar-refractivity contribution is -0.138. The zero-order chi connectivity index (χ0) is 16.3. The molecule has 6 heteroatoms. The first-order valence-corrected chi connectivity index (χ1v) is 8.40. The molecule has 0 spiro atoms. The molecule has 0 aliphatic carbocycles. The van der Waals surface area contributed by atoms with Crippen LogP contribution in [0, 0.1) is 5.82 Å². The minimum Gasteiger partial charge on any atom is -0.481 e. The molecule has 0 unspecified atom stereocenters. The van der Waals surface area contributed by atoms with E-state index in [0.29, 0.717) is 11.5 Å². The van der Waals surface area contributed by atoms with Crippen LogP contribution in [0.15, 0.2) is 35.7 Å². The average molecular weight is 335 g/mol. The summed E-state index contributed by atoms with van der Waals surface area (Å²) >= 11 is 1.53. The summed E-state index contributed by atoms with van der Waals surface area (Å²) in [7, 11) is 0. The number of nitrogens with one attached hydrogen (secondary N) is 1. The number of hydrogen-bond donors (Lipinski definition) is 2. The van der Waals surface area contributed by atoms with Crippen LogP contribution < -0.4 is 10.1 Å². The Morgan fingerprint density at radius 3 is 2.61 bits per heavy atom. The summed E-state index contributed by atoms with van der Waals surface area (Å²) in [6, 6.07) is 7.76. The van der Waals surface area contributed by atoms with Crippen LogP contribution in [0.25, 0.3) is 0 Å². The van der Waals surface area contributed by atoms with Gasteiger partial charge in [0.1, 0.15) is 17.3 Å². The van der Waals surface area contributed by atoms with Gasteiger partial charge in [-0.15, -0.1) is 11.3 Å². The van der Waals surface area contributed by atoms with Gasteiger partial charge < -0.3 is 15.2 Å². The summed E-state index contributed by atoms with van der Waals surface area (Å²) in [4.78, 5) is 12.3. The maximum absolute atomic E-state index is 12.9. The van der Waals surface area contributed by atoms with E-state index >= 15 is 0 Å². The van der Waals surface area contributed by atoms with Crippen molar-refractivity contribution in [2.45, 2.75) is 24.7 Å². The molecule has 2 heterocycles. The molecule has 4 nitrogen and oxygen atoms in total. The molecule has 122 valence electrons. The Kier molecular flexibility index (Phi) is 4.63. The Bertz CT molecular complexity index is 677. The minimum absolute atomic E-state index is 0.130. The number of rotatable bonds is 5. The third kappa shape index (κ3) is 3.71. The van der Waals surface area contributed by atoms with Gasteiger partial charge in [0.05, 0.1) is 6.42 Å². The second kappa shape index (κ2) is 6.68. The van der Waals surface area contributed by atoms with E-state index in [1.807, 2.05) is 11.4 Å². The first-order chi connectivity index (χ1) is 11.1. The number of thiophene rings is 1. The summed E-state index contributed by atoms with van der Waals surface area (Å²) in [5, 5.41) is 14.4. The first kappa shape index (κ1) is 16.0. The highest BCUT2D eigenvalue weighted by molar-refractivity contribution is 7.10. The molecule has 0 atom stereocenters. The standard InChI is InChI=1S/C17H18FNO3S/c18-12-1-3-13(4-2-12)22-14-9-15(23-11-14)17(10-16(20)21)5-7-19-8-6-17/h1-4,9,11,19H,5-8,10H2,(H,20,21). The van der Waals surface area contributed by atoms with E-state index in [2.05, 4.69) is 5.32 Å². The maximum Gasteiger partial charge on any atom is 0.304 e. The van der Waals surface area contributed by atoms with Gasteiger partial charge in [0.15, 0.2) is 0 Å². The van der Waals surface area contributed by atoms with Crippen molar-refractivity contribution in [3.8, 4) is 11.5 Å². The third-order valence-corrected chi connectivity index (χ3v) is 5.35. The van der Waals surface area contributed by atoms with Gasteiger partial charge in [0.2, 0.25) is 0 Å². The quantitative estimate of drug-likeness (QED) is 0.873. The molecule has 0 radical (unpaired) electrons.